The zero-order valence-electron chi connectivity index (χ0n) is 16.1. The summed E-state index contributed by atoms with van der Waals surface area (Å²) < 4.78 is 60.2. The third-order valence-corrected chi connectivity index (χ3v) is 4.98. The van der Waals surface area contributed by atoms with Crippen molar-refractivity contribution in [3.8, 4) is 11.3 Å². The van der Waals surface area contributed by atoms with Crippen LogP contribution in [0.15, 0.2) is 23.0 Å². The molecule has 1 fully saturated rings. The van der Waals surface area contributed by atoms with Gasteiger partial charge < -0.3 is 9.64 Å². The lowest BCUT2D eigenvalue weighted by molar-refractivity contribution is -0.137. The molecule has 3 aromatic rings. The molecule has 0 unspecified atom stereocenters. The number of hydrogen-bond donors (Lipinski definition) is 0. The molecule has 4 rings (SSSR count). The van der Waals surface area contributed by atoms with Crippen molar-refractivity contribution in [2.24, 2.45) is 7.05 Å². The number of halogens is 4. The summed E-state index contributed by atoms with van der Waals surface area (Å²) in [4.78, 5) is 27.6. The van der Waals surface area contributed by atoms with Gasteiger partial charge in [-0.25, -0.2) is 19.3 Å². The van der Waals surface area contributed by atoms with Crippen LogP contribution in [0.5, 0.6) is 0 Å². The molecular formula is C19H17F4N5O2. The molecule has 0 N–H and O–H groups in total. The second-order valence-electron chi connectivity index (χ2n) is 6.88. The number of fused-ring (bicyclic) bond motifs is 1. The van der Waals surface area contributed by atoms with Crippen molar-refractivity contribution in [1.29, 1.82) is 0 Å². The zero-order chi connectivity index (χ0) is 21.6. The van der Waals surface area contributed by atoms with Crippen molar-refractivity contribution in [3.05, 3.63) is 45.8 Å². The lowest BCUT2D eigenvalue weighted by Gasteiger charge is -2.27. The molecule has 0 amide bonds. The average Bonchev–Trinajstić information content (AvgIpc) is 2.72. The number of rotatable bonds is 2. The van der Waals surface area contributed by atoms with E-state index in [2.05, 4.69) is 15.0 Å². The Morgan fingerprint density at radius 1 is 1.07 bits per heavy atom. The van der Waals surface area contributed by atoms with E-state index in [1.807, 2.05) is 0 Å². The fraction of sp³-hybridized carbons (Fsp3) is 0.368. The summed E-state index contributed by atoms with van der Waals surface area (Å²) >= 11 is 0. The number of anilines is 1. The normalized spacial score (nSPS) is 15.1. The van der Waals surface area contributed by atoms with Crippen LogP contribution in [0.25, 0.3) is 22.3 Å². The number of aromatic nitrogens is 4. The number of ether oxygens (including phenoxy) is 1. The predicted octanol–water partition coefficient (Wildman–Crippen LogP) is 2.69. The van der Waals surface area contributed by atoms with Gasteiger partial charge >= 0.3 is 6.18 Å². The molecule has 0 spiro atoms. The molecule has 11 heteroatoms. The first-order chi connectivity index (χ1) is 14.2. The maximum Gasteiger partial charge on any atom is 0.416 e. The van der Waals surface area contributed by atoms with Crippen LogP contribution < -0.4 is 10.5 Å². The second-order valence-corrected chi connectivity index (χ2v) is 6.88. The summed E-state index contributed by atoms with van der Waals surface area (Å²) in [6, 6.07) is 2.18. The van der Waals surface area contributed by atoms with E-state index in [0.29, 0.717) is 38.2 Å². The van der Waals surface area contributed by atoms with Gasteiger partial charge in [0.1, 0.15) is 22.9 Å². The second kappa shape index (κ2) is 7.31. The van der Waals surface area contributed by atoms with Crippen LogP contribution in [0.2, 0.25) is 0 Å². The van der Waals surface area contributed by atoms with E-state index in [0.717, 1.165) is 12.1 Å². The van der Waals surface area contributed by atoms with Gasteiger partial charge in [0.25, 0.3) is 5.56 Å². The minimum atomic E-state index is -4.68. The zero-order valence-corrected chi connectivity index (χ0v) is 16.1. The van der Waals surface area contributed by atoms with Crippen LogP contribution in [0.3, 0.4) is 0 Å². The van der Waals surface area contributed by atoms with Gasteiger partial charge in [0, 0.05) is 25.7 Å². The standard InChI is InChI=1S/C19H17F4N5O2/c1-10-24-15-14(12-4-3-11(9-13(12)20)19(21,22)23)25-18(28-5-7-30-8-6-28)26-16(15)17(29)27(10)2/h3-4,9H,5-8H2,1-2H3. The van der Waals surface area contributed by atoms with Gasteiger partial charge in [-0.1, -0.05) is 0 Å². The third-order valence-electron chi connectivity index (χ3n) is 4.98. The fourth-order valence-electron chi connectivity index (χ4n) is 3.22. The van der Waals surface area contributed by atoms with Gasteiger partial charge in [0.15, 0.2) is 5.52 Å². The highest BCUT2D eigenvalue weighted by molar-refractivity contribution is 5.89. The molecule has 0 atom stereocenters. The van der Waals surface area contributed by atoms with E-state index in [9.17, 15) is 22.4 Å². The number of hydrogen-bond acceptors (Lipinski definition) is 6. The first-order valence-corrected chi connectivity index (χ1v) is 9.12. The lowest BCUT2D eigenvalue weighted by atomic mass is 10.1. The number of nitrogens with zero attached hydrogens (tertiary/aromatic N) is 5. The van der Waals surface area contributed by atoms with E-state index in [4.69, 9.17) is 4.74 Å². The maximum absolute atomic E-state index is 14.7. The van der Waals surface area contributed by atoms with Crippen molar-refractivity contribution >= 4 is 17.0 Å². The van der Waals surface area contributed by atoms with Gasteiger partial charge in [-0.2, -0.15) is 13.2 Å². The van der Waals surface area contributed by atoms with Crippen LogP contribution in [0, 0.1) is 12.7 Å². The Bertz CT molecular complexity index is 1190. The number of morpholine rings is 1. The summed E-state index contributed by atoms with van der Waals surface area (Å²) in [5, 5.41) is 0. The Hall–Kier alpha value is -3.08. The third kappa shape index (κ3) is 3.49. The predicted molar refractivity (Wildman–Crippen MR) is 101 cm³/mol. The monoisotopic (exact) mass is 423 g/mol. The first-order valence-electron chi connectivity index (χ1n) is 9.12. The SMILES string of the molecule is Cc1nc2c(-c3ccc(C(F)(F)F)cc3F)nc(N3CCOCC3)nc2c(=O)n1C. The Kier molecular flexibility index (Phi) is 4.92. The molecule has 1 aromatic carbocycles. The Labute approximate surface area is 168 Å². The van der Waals surface area contributed by atoms with Crippen molar-refractivity contribution < 1.29 is 22.3 Å². The van der Waals surface area contributed by atoms with Crippen molar-refractivity contribution in [2.75, 3.05) is 31.2 Å². The van der Waals surface area contributed by atoms with E-state index >= 15 is 0 Å². The smallest absolute Gasteiger partial charge is 0.378 e. The van der Waals surface area contributed by atoms with Gasteiger partial charge in [-0.15, -0.1) is 0 Å². The first kappa shape index (κ1) is 20.2. The van der Waals surface area contributed by atoms with Gasteiger partial charge in [-0.3, -0.25) is 9.36 Å². The van der Waals surface area contributed by atoms with Gasteiger partial charge in [0.2, 0.25) is 5.95 Å². The molecule has 7 nitrogen and oxygen atoms in total. The largest absolute Gasteiger partial charge is 0.416 e. The molecule has 3 heterocycles. The molecule has 2 aromatic heterocycles. The summed E-state index contributed by atoms with van der Waals surface area (Å²) in [5.41, 5.74) is -1.79. The molecular weight excluding hydrogens is 406 g/mol. The van der Waals surface area contributed by atoms with Crippen LogP contribution >= 0.6 is 0 Å². The minimum absolute atomic E-state index is 0.0334. The fourth-order valence-corrected chi connectivity index (χ4v) is 3.22. The molecule has 30 heavy (non-hydrogen) atoms. The molecule has 0 bridgehead atoms. The Balaban J connectivity index is 1.99. The molecule has 1 aliphatic heterocycles. The van der Waals surface area contributed by atoms with E-state index < -0.39 is 23.1 Å². The maximum atomic E-state index is 14.7. The van der Waals surface area contributed by atoms with Crippen molar-refractivity contribution in [3.63, 3.8) is 0 Å². The number of benzene rings is 1. The minimum Gasteiger partial charge on any atom is -0.378 e. The molecule has 0 aliphatic carbocycles. The van der Waals surface area contributed by atoms with Crippen LogP contribution in [-0.2, 0) is 18.0 Å². The van der Waals surface area contributed by atoms with E-state index in [1.165, 1.54) is 11.6 Å². The quantitative estimate of drug-likeness (QED) is 0.591. The summed E-state index contributed by atoms with van der Waals surface area (Å²) in [6.45, 7) is 3.36. The Morgan fingerprint density at radius 3 is 2.40 bits per heavy atom. The van der Waals surface area contributed by atoms with Crippen LogP contribution in [0.1, 0.15) is 11.4 Å². The number of alkyl halides is 3. The Morgan fingerprint density at radius 2 is 1.77 bits per heavy atom. The number of aryl methyl sites for hydroxylation is 1. The highest BCUT2D eigenvalue weighted by Gasteiger charge is 2.32. The molecule has 1 aliphatic rings. The van der Waals surface area contributed by atoms with Crippen molar-refractivity contribution in [2.45, 2.75) is 13.1 Å². The lowest BCUT2D eigenvalue weighted by Crippen LogP contribution is -2.37. The molecule has 0 saturated carbocycles. The summed E-state index contributed by atoms with van der Waals surface area (Å²) in [5.74, 6) is -0.607. The van der Waals surface area contributed by atoms with E-state index in [1.54, 1.807) is 11.8 Å². The highest BCUT2D eigenvalue weighted by Crippen LogP contribution is 2.34. The highest BCUT2D eigenvalue weighted by atomic mass is 19.4. The molecule has 158 valence electrons. The van der Waals surface area contributed by atoms with Crippen LogP contribution in [-0.4, -0.2) is 45.8 Å². The topological polar surface area (TPSA) is 73.1 Å². The molecule has 1 saturated heterocycles. The van der Waals surface area contributed by atoms with E-state index in [-0.39, 0.29) is 28.2 Å². The van der Waals surface area contributed by atoms with Crippen molar-refractivity contribution in [1.82, 2.24) is 19.5 Å². The van der Waals surface area contributed by atoms with Crippen LogP contribution in [0.4, 0.5) is 23.5 Å². The average molecular weight is 423 g/mol. The van der Waals surface area contributed by atoms with Gasteiger partial charge in [0.05, 0.1) is 18.8 Å². The molecule has 0 radical (unpaired) electrons. The summed E-state index contributed by atoms with van der Waals surface area (Å²) in [7, 11) is 1.53. The van der Waals surface area contributed by atoms with Gasteiger partial charge in [-0.05, 0) is 25.1 Å². The summed E-state index contributed by atoms with van der Waals surface area (Å²) in [6.07, 6.45) is -4.68.